The van der Waals surface area contributed by atoms with E-state index in [9.17, 15) is 9.59 Å². The molecule has 0 spiro atoms. The number of nitrogens with zero attached hydrogens (tertiary/aromatic N) is 2. The molecule has 0 atom stereocenters. The highest BCUT2D eigenvalue weighted by Crippen LogP contribution is 2.40. The monoisotopic (exact) mass is 472 g/mol. The molecule has 32 heavy (non-hydrogen) atoms. The number of carbonyl (C=O) groups excluding carboxylic acids is 2. The molecule has 0 aliphatic rings. The van der Waals surface area contributed by atoms with Gasteiger partial charge in [-0.3, -0.25) is 9.59 Å². The Kier molecular flexibility index (Phi) is 10.7. The van der Waals surface area contributed by atoms with Crippen molar-refractivity contribution in [1.82, 2.24) is 0 Å². The van der Waals surface area contributed by atoms with Crippen LogP contribution in [0.4, 0.5) is 11.4 Å². The molecule has 0 N–H and O–H groups in total. The van der Waals surface area contributed by atoms with Gasteiger partial charge in [-0.1, -0.05) is 53.7 Å². The molecule has 0 saturated carbocycles. The van der Waals surface area contributed by atoms with E-state index < -0.39 is 0 Å². The van der Waals surface area contributed by atoms with Crippen LogP contribution in [0.2, 0.25) is 0 Å². The predicted octanol–water partition coefficient (Wildman–Crippen LogP) is 6.90. The van der Waals surface area contributed by atoms with Crippen LogP contribution in [0.5, 0.6) is 0 Å². The van der Waals surface area contributed by atoms with Crippen LogP contribution < -0.4 is 8.61 Å². The summed E-state index contributed by atoms with van der Waals surface area (Å²) in [5, 5.41) is 0. The molecule has 0 unspecified atom stereocenters. The van der Waals surface area contributed by atoms with Crippen LogP contribution in [0.1, 0.15) is 74.9 Å². The third kappa shape index (κ3) is 5.52. The van der Waals surface area contributed by atoms with Crippen LogP contribution in [0.25, 0.3) is 0 Å². The van der Waals surface area contributed by atoms with Crippen molar-refractivity contribution < 1.29 is 9.59 Å². The van der Waals surface area contributed by atoms with E-state index in [1.165, 1.54) is 55.3 Å². The molecule has 174 valence electrons. The summed E-state index contributed by atoms with van der Waals surface area (Å²) in [6, 6.07) is 8.32. The largest absolute Gasteiger partial charge is 0.277 e. The number of aryl methyl sites for hydroxylation is 2. The normalized spacial score (nSPS) is 10.8. The lowest BCUT2D eigenvalue weighted by atomic mass is 9.94. The number of rotatable bonds is 13. The minimum absolute atomic E-state index is 0.846. The maximum Gasteiger partial charge on any atom is 0.224 e. The Morgan fingerprint density at radius 2 is 0.906 bits per heavy atom. The standard InChI is InChI=1S/C26H36N2O2S2/c1-7-19-13-15-25(23(11-5)21(19)9-3)27(17-29)31-32-28(18-30)26-16-14-20(8-2)22(10-4)24(26)12-6/h13-18H,7-12H2,1-6H3. The van der Waals surface area contributed by atoms with Crippen molar-refractivity contribution in [1.29, 1.82) is 0 Å². The van der Waals surface area contributed by atoms with Gasteiger partial charge < -0.3 is 0 Å². The summed E-state index contributed by atoms with van der Waals surface area (Å²) in [5.74, 6) is 0. The van der Waals surface area contributed by atoms with Gasteiger partial charge in [0.25, 0.3) is 0 Å². The fraction of sp³-hybridized carbons (Fsp3) is 0.462. The van der Waals surface area contributed by atoms with Crippen LogP contribution in [-0.2, 0) is 48.1 Å². The number of hydrogen-bond acceptors (Lipinski definition) is 4. The van der Waals surface area contributed by atoms with Gasteiger partial charge in [-0.25, -0.2) is 8.61 Å². The maximum atomic E-state index is 12.1. The first-order chi connectivity index (χ1) is 15.5. The molecule has 0 aliphatic heterocycles. The molecule has 0 fully saturated rings. The Bertz CT molecular complexity index is 855. The van der Waals surface area contributed by atoms with Crippen LogP contribution in [-0.4, -0.2) is 12.8 Å². The van der Waals surface area contributed by atoms with Gasteiger partial charge in [0, 0.05) is 0 Å². The van der Waals surface area contributed by atoms with Crippen LogP contribution >= 0.6 is 22.0 Å². The second-order valence-corrected chi connectivity index (χ2v) is 9.51. The quantitative estimate of drug-likeness (QED) is 0.181. The van der Waals surface area contributed by atoms with Crippen molar-refractivity contribution >= 4 is 46.2 Å². The maximum absolute atomic E-state index is 12.1. The Balaban J connectivity index is 2.37. The van der Waals surface area contributed by atoms with Gasteiger partial charge in [0.15, 0.2) is 0 Å². The fourth-order valence-electron chi connectivity index (χ4n) is 4.50. The molecule has 2 rings (SSSR count). The molecule has 6 heteroatoms. The number of hydrogen-bond donors (Lipinski definition) is 0. The first-order valence-electron chi connectivity index (χ1n) is 11.7. The third-order valence-electron chi connectivity index (χ3n) is 6.04. The van der Waals surface area contributed by atoms with Crippen molar-refractivity contribution in [3.05, 3.63) is 57.6 Å². The minimum Gasteiger partial charge on any atom is -0.277 e. The second kappa shape index (κ2) is 12.9. The van der Waals surface area contributed by atoms with E-state index in [1.54, 1.807) is 8.61 Å². The van der Waals surface area contributed by atoms with Crippen LogP contribution in [0.3, 0.4) is 0 Å². The van der Waals surface area contributed by atoms with Crippen molar-refractivity contribution in [2.45, 2.75) is 80.1 Å². The number of carbonyl (C=O) groups is 2. The molecular formula is C26H36N2O2S2. The molecule has 0 bridgehead atoms. The average Bonchev–Trinajstić information content (AvgIpc) is 2.84. The molecule has 0 radical (unpaired) electrons. The first kappa shape index (κ1) is 26.3. The predicted molar refractivity (Wildman–Crippen MR) is 141 cm³/mol. The Hall–Kier alpha value is -1.92. The van der Waals surface area contributed by atoms with Gasteiger partial charge in [-0.15, -0.1) is 0 Å². The fourth-order valence-corrected chi connectivity index (χ4v) is 6.34. The van der Waals surface area contributed by atoms with Crippen LogP contribution in [0.15, 0.2) is 24.3 Å². The molecule has 2 aromatic rings. The van der Waals surface area contributed by atoms with Gasteiger partial charge in [-0.05, 0) is 84.0 Å². The smallest absolute Gasteiger partial charge is 0.224 e. The summed E-state index contributed by atoms with van der Waals surface area (Å²) in [5.41, 5.74) is 9.56. The minimum atomic E-state index is 0.846. The summed E-state index contributed by atoms with van der Waals surface area (Å²) >= 11 is 0. The zero-order valence-corrected chi connectivity index (χ0v) is 21.9. The van der Waals surface area contributed by atoms with Gasteiger partial charge in [0.1, 0.15) is 0 Å². The molecule has 2 aromatic carbocycles. The van der Waals surface area contributed by atoms with E-state index in [2.05, 4.69) is 53.7 Å². The van der Waals surface area contributed by atoms with Crippen molar-refractivity contribution in [3.8, 4) is 0 Å². The van der Waals surface area contributed by atoms with E-state index in [-0.39, 0.29) is 0 Å². The van der Waals surface area contributed by atoms with E-state index in [1.807, 2.05) is 12.1 Å². The number of anilines is 2. The Morgan fingerprint density at radius 1 is 0.562 bits per heavy atom. The van der Waals surface area contributed by atoms with Gasteiger partial charge in [0.05, 0.1) is 33.3 Å². The second-order valence-electron chi connectivity index (χ2n) is 7.53. The summed E-state index contributed by atoms with van der Waals surface area (Å²) < 4.78 is 3.29. The molecule has 4 nitrogen and oxygen atoms in total. The summed E-state index contributed by atoms with van der Waals surface area (Å²) in [7, 11) is 2.57. The van der Waals surface area contributed by atoms with E-state index in [0.717, 1.165) is 62.7 Å². The molecule has 0 aromatic heterocycles. The SMILES string of the molecule is CCc1ccc(N(C=O)SSN(C=O)c2ccc(CC)c(CC)c2CC)c(CC)c1CC. The zero-order valence-electron chi connectivity index (χ0n) is 20.2. The van der Waals surface area contributed by atoms with Crippen LogP contribution in [0, 0.1) is 0 Å². The lowest BCUT2D eigenvalue weighted by Gasteiger charge is -2.26. The molecule has 0 aliphatic carbocycles. The van der Waals surface area contributed by atoms with Crippen molar-refractivity contribution in [2.24, 2.45) is 0 Å². The summed E-state index contributed by atoms with van der Waals surface area (Å²) in [4.78, 5) is 24.1. The van der Waals surface area contributed by atoms with E-state index in [4.69, 9.17) is 0 Å². The Labute approximate surface area is 201 Å². The molecule has 0 heterocycles. The van der Waals surface area contributed by atoms with Crippen molar-refractivity contribution in [2.75, 3.05) is 8.61 Å². The number of benzene rings is 2. The number of amides is 2. The lowest BCUT2D eigenvalue weighted by Crippen LogP contribution is -2.18. The summed E-state index contributed by atoms with van der Waals surface area (Å²) in [6.07, 6.45) is 7.24. The highest BCUT2D eigenvalue weighted by Gasteiger charge is 2.20. The third-order valence-corrected chi connectivity index (χ3v) is 8.16. The average molecular weight is 473 g/mol. The summed E-state index contributed by atoms with van der Waals surface area (Å²) in [6.45, 7) is 12.9. The Morgan fingerprint density at radius 3 is 1.16 bits per heavy atom. The van der Waals surface area contributed by atoms with Gasteiger partial charge in [-0.2, -0.15) is 0 Å². The van der Waals surface area contributed by atoms with Gasteiger partial charge in [0.2, 0.25) is 12.8 Å². The molecule has 0 saturated heterocycles. The van der Waals surface area contributed by atoms with E-state index >= 15 is 0 Å². The highest BCUT2D eigenvalue weighted by atomic mass is 33.1. The molecular weight excluding hydrogens is 436 g/mol. The van der Waals surface area contributed by atoms with E-state index in [0.29, 0.717) is 0 Å². The highest BCUT2D eigenvalue weighted by molar-refractivity contribution is 8.78. The van der Waals surface area contributed by atoms with Gasteiger partial charge >= 0.3 is 0 Å². The molecule has 2 amide bonds. The first-order valence-corrected chi connectivity index (χ1v) is 13.7. The van der Waals surface area contributed by atoms with Crippen molar-refractivity contribution in [3.63, 3.8) is 0 Å². The topological polar surface area (TPSA) is 40.6 Å². The lowest BCUT2D eigenvalue weighted by molar-refractivity contribution is -0.107. The zero-order chi connectivity index (χ0) is 23.7.